The van der Waals surface area contributed by atoms with Gasteiger partial charge in [-0.1, -0.05) is 72.8 Å². The van der Waals surface area contributed by atoms with Crippen molar-refractivity contribution in [3.8, 4) is 5.75 Å². The molecule has 1 fully saturated rings. The molecule has 3 aromatic rings. The van der Waals surface area contributed by atoms with Crippen LogP contribution in [0.15, 0.2) is 78.9 Å². The first kappa shape index (κ1) is 21.1. The minimum absolute atomic E-state index is 0.0460. The van der Waals surface area contributed by atoms with E-state index >= 15 is 0 Å². The number of aryl methyl sites for hydroxylation is 1. The lowest BCUT2D eigenvalue weighted by Crippen LogP contribution is -2.41. The smallest absolute Gasteiger partial charge is 0.307 e. The largest absolute Gasteiger partial charge is 0.489 e. The maximum Gasteiger partial charge on any atom is 0.307 e. The van der Waals surface area contributed by atoms with Crippen molar-refractivity contribution in [3.05, 3.63) is 101 Å². The van der Waals surface area contributed by atoms with E-state index in [0.717, 1.165) is 36.3 Å². The molecule has 1 heterocycles. The average Bonchev–Trinajstić information content (AvgIpc) is 2.81. The predicted octanol–water partition coefficient (Wildman–Crippen LogP) is 5.46. The molecular formula is C27H29NO3. The van der Waals surface area contributed by atoms with E-state index in [9.17, 15) is 9.90 Å². The molecule has 31 heavy (non-hydrogen) atoms. The Morgan fingerprint density at radius 3 is 2.42 bits per heavy atom. The maximum atomic E-state index is 11.7. The van der Waals surface area contributed by atoms with Crippen LogP contribution in [0.4, 0.5) is 0 Å². The molecule has 4 heteroatoms. The van der Waals surface area contributed by atoms with Crippen molar-refractivity contribution in [3.63, 3.8) is 0 Å². The van der Waals surface area contributed by atoms with Gasteiger partial charge in [-0.2, -0.15) is 0 Å². The molecule has 4 nitrogen and oxygen atoms in total. The number of nitrogens with zero attached hydrogens (tertiary/aromatic N) is 1. The van der Waals surface area contributed by atoms with Crippen LogP contribution in [0.3, 0.4) is 0 Å². The van der Waals surface area contributed by atoms with Crippen LogP contribution in [0.25, 0.3) is 0 Å². The number of carboxylic acid groups (broad SMARTS) is 1. The van der Waals surface area contributed by atoms with Gasteiger partial charge < -0.3 is 9.84 Å². The predicted molar refractivity (Wildman–Crippen MR) is 122 cm³/mol. The molecule has 0 aliphatic carbocycles. The van der Waals surface area contributed by atoms with E-state index in [-0.39, 0.29) is 12.0 Å². The molecule has 0 spiro atoms. The average molecular weight is 416 g/mol. The van der Waals surface area contributed by atoms with Gasteiger partial charge in [0.15, 0.2) is 0 Å². The van der Waals surface area contributed by atoms with Crippen LogP contribution < -0.4 is 4.74 Å². The van der Waals surface area contributed by atoms with E-state index < -0.39 is 5.97 Å². The molecule has 0 saturated carbocycles. The second kappa shape index (κ2) is 9.80. The highest BCUT2D eigenvalue weighted by atomic mass is 16.5. The zero-order valence-corrected chi connectivity index (χ0v) is 17.9. The maximum absolute atomic E-state index is 11.7. The zero-order valence-electron chi connectivity index (χ0n) is 17.9. The summed E-state index contributed by atoms with van der Waals surface area (Å²) in [6.07, 6.45) is 1.62. The van der Waals surface area contributed by atoms with Crippen LogP contribution in [0.2, 0.25) is 0 Å². The number of likely N-dealkylation sites (tertiary alicyclic amines) is 1. The van der Waals surface area contributed by atoms with Crippen LogP contribution in [0.1, 0.15) is 41.1 Å². The van der Waals surface area contributed by atoms with Gasteiger partial charge in [0, 0.05) is 12.1 Å². The van der Waals surface area contributed by atoms with Crippen LogP contribution >= 0.6 is 0 Å². The second-order valence-corrected chi connectivity index (χ2v) is 8.24. The van der Waals surface area contributed by atoms with Gasteiger partial charge in [-0.3, -0.25) is 9.69 Å². The number of hydrogen-bond donors (Lipinski definition) is 1. The third-order valence-electron chi connectivity index (χ3n) is 6.10. The topological polar surface area (TPSA) is 49.8 Å². The lowest BCUT2D eigenvalue weighted by molar-refractivity contribution is -0.143. The number of ether oxygens (including phenoxy) is 1. The van der Waals surface area contributed by atoms with Crippen LogP contribution in [0.5, 0.6) is 5.75 Å². The highest BCUT2D eigenvalue weighted by Crippen LogP contribution is 2.38. The minimum atomic E-state index is -0.707. The van der Waals surface area contributed by atoms with Crippen molar-refractivity contribution >= 4 is 5.97 Å². The highest BCUT2D eigenvalue weighted by Gasteiger charge is 2.33. The van der Waals surface area contributed by atoms with Crippen LogP contribution in [0, 0.1) is 12.8 Å². The first-order chi connectivity index (χ1) is 15.1. The van der Waals surface area contributed by atoms with Crippen molar-refractivity contribution in [1.82, 2.24) is 4.90 Å². The van der Waals surface area contributed by atoms with Crippen molar-refractivity contribution < 1.29 is 14.6 Å². The van der Waals surface area contributed by atoms with Gasteiger partial charge in [0.1, 0.15) is 12.4 Å². The van der Waals surface area contributed by atoms with Gasteiger partial charge >= 0.3 is 5.97 Å². The Morgan fingerprint density at radius 1 is 1.00 bits per heavy atom. The molecule has 0 aromatic heterocycles. The van der Waals surface area contributed by atoms with Crippen molar-refractivity contribution in [1.29, 1.82) is 0 Å². The summed E-state index contributed by atoms with van der Waals surface area (Å²) in [5, 5.41) is 9.65. The molecule has 1 aliphatic rings. The van der Waals surface area contributed by atoms with Gasteiger partial charge in [0.25, 0.3) is 0 Å². The number of piperidine rings is 1. The van der Waals surface area contributed by atoms with Crippen molar-refractivity contribution in [2.75, 3.05) is 13.1 Å². The summed E-state index contributed by atoms with van der Waals surface area (Å²) in [6, 6.07) is 26.6. The Morgan fingerprint density at radius 2 is 1.68 bits per heavy atom. The second-order valence-electron chi connectivity index (χ2n) is 8.24. The van der Waals surface area contributed by atoms with E-state index in [1.165, 1.54) is 11.1 Å². The number of hydrogen-bond acceptors (Lipinski definition) is 3. The SMILES string of the molecule is Cc1ccccc1C(c1ccccc1OCc1ccccc1)N1CCCC(C(=O)O)C1. The van der Waals surface area contributed by atoms with E-state index in [0.29, 0.717) is 13.2 Å². The molecule has 0 radical (unpaired) electrons. The highest BCUT2D eigenvalue weighted by molar-refractivity contribution is 5.70. The Hall–Kier alpha value is -3.11. The number of benzene rings is 3. The monoisotopic (exact) mass is 415 g/mol. The molecule has 2 atom stereocenters. The molecule has 2 unspecified atom stereocenters. The summed E-state index contributed by atoms with van der Waals surface area (Å²) in [6.45, 7) is 4.03. The fraction of sp³-hybridized carbons (Fsp3) is 0.296. The summed E-state index contributed by atoms with van der Waals surface area (Å²) in [7, 11) is 0. The lowest BCUT2D eigenvalue weighted by atomic mass is 9.89. The number of aliphatic carboxylic acids is 1. The Labute approximate surface area is 184 Å². The van der Waals surface area contributed by atoms with Gasteiger partial charge in [-0.15, -0.1) is 0 Å². The Bertz CT molecular complexity index is 1020. The van der Waals surface area contributed by atoms with E-state index in [4.69, 9.17) is 4.74 Å². The van der Waals surface area contributed by atoms with Crippen molar-refractivity contribution in [2.24, 2.45) is 5.92 Å². The quantitative estimate of drug-likeness (QED) is 0.557. The number of carbonyl (C=O) groups is 1. The molecule has 4 rings (SSSR count). The third kappa shape index (κ3) is 4.97. The molecule has 0 amide bonds. The molecular weight excluding hydrogens is 386 g/mol. The third-order valence-corrected chi connectivity index (χ3v) is 6.10. The summed E-state index contributed by atoms with van der Waals surface area (Å²) >= 11 is 0. The summed E-state index contributed by atoms with van der Waals surface area (Å²) < 4.78 is 6.29. The summed E-state index contributed by atoms with van der Waals surface area (Å²) in [5.74, 6) is -0.198. The first-order valence-electron chi connectivity index (χ1n) is 10.9. The van der Waals surface area contributed by atoms with Gasteiger partial charge in [0.05, 0.1) is 12.0 Å². The van der Waals surface area contributed by atoms with Gasteiger partial charge in [0.2, 0.25) is 0 Å². The zero-order chi connectivity index (χ0) is 21.6. The lowest BCUT2D eigenvalue weighted by Gasteiger charge is -2.38. The standard InChI is InChI=1S/C27H29NO3/c1-20-10-5-6-14-23(20)26(28-17-9-13-22(18-28)27(29)30)24-15-7-8-16-25(24)31-19-21-11-3-2-4-12-21/h2-8,10-12,14-16,22,26H,9,13,17-19H2,1H3,(H,29,30). The minimum Gasteiger partial charge on any atom is -0.489 e. The van der Waals surface area contributed by atoms with E-state index in [1.807, 2.05) is 42.5 Å². The summed E-state index contributed by atoms with van der Waals surface area (Å²) in [5.41, 5.74) is 4.60. The normalized spacial score (nSPS) is 17.8. The fourth-order valence-electron chi connectivity index (χ4n) is 4.47. The number of para-hydroxylation sites is 1. The van der Waals surface area contributed by atoms with Gasteiger partial charge in [-0.25, -0.2) is 0 Å². The number of rotatable bonds is 7. The van der Waals surface area contributed by atoms with Crippen LogP contribution in [-0.4, -0.2) is 29.1 Å². The van der Waals surface area contributed by atoms with Gasteiger partial charge in [-0.05, 0) is 49.1 Å². The fourth-order valence-corrected chi connectivity index (χ4v) is 4.47. The Balaban J connectivity index is 1.70. The summed E-state index contributed by atoms with van der Waals surface area (Å²) in [4.78, 5) is 14.1. The molecule has 1 aliphatic heterocycles. The Kier molecular flexibility index (Phi) is 6.68. The van der Waals surface area contributed by atoms with E-state index in [2.05, 4.69) is 48.2 Å². The molecule has 0 bridgehead atoms. The van der Waals surface area contributed by atoms with Crippen LogP contribution in [-0.2, 0) is 11.4 Å². The molecule has 1 saturated heterocycles. The molecule has 3 aromatic carbocycles. The van der Waals surface area contributed by atoms with E-state index in [1.54, 1.807) is 0 Å². The van der Waals surface area contributed by atoms with Crippen molar-refractivity contribution in [2.45, 2.75) is 32.4 Å². The number of carboxylic acids is 1. The first-order valence-corrected chi connectivity index (χ1v) is 10.9. The molecule has 1 N–H and O–H groups in total. The molecule has 160 valence electrons.